The van der Waals surface area contributed by atoms with Gasteiger partial charge < -0.3 is 14.6 Å². The van der Waals surface area contributed by atoms with E-state index in [0.29, 0.717) is 26.9 Å². The summed E-state index contributed by atoms with van der Waals surface area (Å²) in [6, 6.07) is 11.1. The zero-order valence-electron chi connectivity index (χ0n) is 15.7. The molecular formula is C21H20Cl2N2O3. The van der Waals surface area contributed by atoms with Crippen LogP contribution in [0.5, 0.6) is 5.75 Å². The molecule has 3 rings (SSSR count). The van der Waals surface area contributed by atoms with Crippen LogP contribution in [0.1, 0.15) is 26.8 Å². The topological polar surface area (TPSA) is 60.3 Å². The van der Waals surface area contributed by atoms with Crippen molar-refractivity contribution in [2.75, 3.05) is 5.32 Å². The fourth-order valence-corrected chi connectivity index (χ4v) is 3.42. The lowest BCUT2D eigenvalue weighted by atomic mass is 10.1. The molecule has 1 aromatic heterocycles. The first-order chi connectivity index (χ1) is 13.2. The van der Waals surface area contributed by atoms with E-state index in [4.69, 9.17) is 27.9 Å². The van der Waals surface area contributed by atoms with Gasteiger partial charge in [0.1, 0.15) is 11.8 Å². The molecule has 0 fully saturated rings. The van der Waals surface area contributed by atoms with Crippen molar-refractivity contribution in [3.63, 3.8) is 0 Å². The standard InChI is InChI=1S/C21H20Cl2N2O3/c1-12(2)28-18-4-5-19-14(8-18)6-7-25(21(19)27)13(3)20(26)24-17-10-15(22)9-16(23)11-17/h4-13H,1-3H3,(H,24,26). The number of benzene rings is 2. The number of halogens is 2. The van der Waals surface area contributed by atoms with Crippen molar-refractivity contribution in [1.82, 2.24) is 4.57 Å². The molecule has 28 heavy (non-hydrogen) atoms. The minimum absolute atomic E-state index is 0.0431. The number of anilines is 1. The second-order valence-corrected chi connectivity index (χ2v) is 7.64. The van der Waals surface area contributed by atoms with Crippen LogP contribution in [0, 0.1) is 0 Å². The predicted octanol–water partition coefficient (Wildman–Crippen LogP) is 5.30. The summed E-state index contributed by atoms with van der Waals surface area (Å²) in [5, 5.41) is 4.85. The zero-order chi connectivity index (χ0) is 20.4. The smallest absolute Gasteiger partial charge is 0.259 e. The van der Waals surface area contributed by atoms with Crippen LogP contribution in [0.25, 0.3) is 10.8 Å². The van der Waals surface area contributed by atoms with E-state index in [1.807, 2.05) is 19.9 Å². The number of nitrogens with zero attached hydrogens (tertiary/aromatic N) is 1. The van der Waals surface area contributed by atoms with Crippen LogP contribution >= 0.6 is 23.2 Å². The molecule has 0 aliphatic carbocycles. The Morgan fingerprint density at radius 1 is 1.04 bits per heavy atom. The average molecular weight is 419 g/mol. The Balaban J connectivity index is 1.88. The minimum atomic E-state index is -0.721. The Labute approximate surface area is 172 Å². The fourth-order valence-electron chi connectivity index (χ4n) is 2.89. The van der Waals surface area contributed by atoms with Gasteiger partial charge >= 0.3 is 0 Å². The Hall–Kier alpha value is -2.50. The molecule has 0 aliphatic heterocycles. The second kappa shape index (κ2) is 8.25. The number of nitrogens with one attached hydrogen (secondary N) is 1. The number of carbonyl (C=O) groups excluding carboxylic acids is 1. The number of carbonyl (C=O) groups is 1. The van der Waals surface area contributed by atoms with Crippen molar-refractivity contribution in [3.8, 4) is 5.75 Å². The van der Waals surface area contributed by atoms with Gasteiger partial charge in [-0.05, 0) is 68.6 Å². The van der Waals surface area contributed by atoms with Crippen molar-refractivity contribution in [3.05, 3.63) is 69.1 Å². The molecular weight excluding hydrogens is 399 g/mol. The first kappa shape index (κ1) is 20.2. The molecule has 1 unspecified atom stereocenters. The normalized spacial score (nSPS) is 12.2. The molecule has 3 aromatic rings. The van der Waals surface area contributed by atoms with E-state index in [0.717, 1.165) is 5.39 Å². The van der Waals surface area contributed by atoms with Gasteiger partial charge in [0.25, 0.3) is 5.56 Å². The number of aromatic nitrogens is 1. The SMILES string of the molecule is CC(C)Oc1ccc2c(=O)n(C(C)C(=O)Nc3cc(Cl)cc(Cl)c3)ccc2c1. The third-order valence-electron chi connectivity index (χ3n) is 4.20. The summed E-state index contributed by atoms with van der Waals surface area (Å²) in [6.07, 6.45) is 1.65. The number of amides is 1. The maximum atomic E-state index is 12.9. The van der Waals surface area contributed by atoms with Crippen molar-refractivity contribution in [1.29, 1.82) is 0 Å². The highest BCUT2D eigenvalue weighted by molar-refractivity contribution is 6.35. The molecule has 7 heteroatoms. The van der Waals surface area contributed by atoms with E-state index in [9.17, 15) is 9.59 Å². The lowest BCUT2D eigenvalue weighted by Crippen LogP contribution is -2.31. The maximum Gasteiger partial charge on any atom is 0.259 e. The number of hydrogen-bond donors (Lipinski definition) is 1. The highest BCUT2D eigenvalue weighted by Crippen LogP contribution is 2.24. The molecule has 1 N–H and O–H groups in total. The van der Waals surface area contributed by atoms with Gasteiger partial charge in [-0.1, -0.05) is 23.2 Å². The average Bonchev–Trinajstić information content (AvgIpc) is 2.60. The summed E-state index contributed by atoms with van der Waals surface area (Å²) in [4.78, 5) is 25.5. The fraction of sp³-hybridized carbons (Fsp3) is 0.238. The van der Waals surface area contributed by atoms with E-state index in [1.54, 1.807) is 49.5 Å². The van der Waals surface area contributed by atoms with E-state index in [2.05, 4.69) is 5.32 Å². The summed E-state index contributed by atoms with van der Waals surface area (Å²) >= 11 is 11.9. The molecule has 0 aliphatic rings. The van der Waals surface area contributed by atoms with Crippen LogP contribution in [0.15, 0.2) is 53.5 Å². The van der Waals surface area contributed by atoms with Crippen LogP contribution in [-0.2, 0) is 4.79 Å². The van der Waals surface area contributed by atoms with Gasteiger partial charge in [-0.25, -0.2) is 0 Å². The minimum Gasteiger partial charge on any atom is -0.491 e. The van der Waals surface area contributed by atoms with Crippen LogP contribution < -0.4 is 15.6 Å². The molecule has 0 bridgehead atoms. The van der Waals surface area contributed by atoms with Crippen LogP contribution in [0.2, 0.25) is 10.0 Å². The molecule has 1 heterocycles. The summed E-state index contributed by atoms with van der Waals surface area (Å²) in [6.45, 7) is 5.54. The lowest BCUT2D eigenvalue weighted by molar-refractivity contribution is -0.118. The van der Waals surface area contributed by atoms with Gasteiger partial charge in [0.2, 0.25) is 5.91 Å². The van der Waals surface area contributed by atoms with Crippen LogP contribution in [-0.4, -0.2) is 16.6 Å². The van der Waals surface area contributed by atoms with Crippen molar-refractivity contribution >= 4 is 45.6 Å². The third-order valence-corrected chi connectivity index (χ3v) is 4.64. The maximum absolute atomic E-state index is 12.9. The third kappa shape index (κ3) is 4.49. The Bertz CT molecular complexity index is 1070. The number of ether oxygens (including phenoxy) is 1. The quantitative estimate of drug-likeness (QED) is 0.611. The highest BCUT2D eigenvalue weighted by atomic mass is 35.5. The first-order valence-corrected chi connectivity index (χ1v) is 9.58. The molecule has 5 nitrogen and oxygen atoms in total. The predicted molar refractivity (Wildman–Crippen MR) is 114 cm³/mol. The molecule has 0 saturated carbocycles. The summed E-state index contributed by atoms with van der Waals surface area (Å²) in [7, 11) is 0. The summed E-state index contributed by atoms with van der Waals surface area (Å²) in [5.74, 6) is 0.350. The first-order valence-electron chi connectivity index (χ1n) is 8.83. The Kier molecular flexibility index (Phi) is 5.96. The number of rotatable bonds is 5. The van der Waals surface area contributed by atoms with Gasteiger partial charge in [-0.3, -0.25) is 9.59 Å². The monoisotopic (exact) mass is 418 g/mol. The molecule has 0 spiro atoms. The molecule has 0 radical (unpaired) electrons. The Morgan fingerprint density at radius 3 is 2.36 bits per heavy atom. The van der Waals surface area contributed by atoms with Gasteiger partial charge in [0, 0.05) is 27.3 Å². The molecule has 2 aromatic carbocycles. The van der Waals surface area contributed by atoms with Crippen molar-refractivity contribution in [2.24, 2.45) is 0 Å². The van der Waals surface area contributed by atoms with Crippen LogP contribution in [0.4, 0.5) is 5.69 Å². The molecule has 146 valence electrons. The zero-order valence-corrected chi connectivity index (χ0v) is 17.2. The molecule has 0 saturated heterocycles. The molecule has 1 atom stereocenters. The van der Waals surface area contributed by atoms with E-state index >= 15 is 0 Å². The number of pyridine rings is 1. The van der Waals surface area contributed by atoms with Crippen LogP contribution in [0.3, 0.4) is 0 Å². The molecule has 1 amide bonds. The number of hydrogen-bond acceptors (Lipinski definition) is 3. The van der Waals surface area contributed by atoms with E-state index in [-0.39, 0.29) is 17.6 Å². The van der Waals surface area contributed by atoms with Crippen molar-refractivity contribution in [2.45, 2.75) is 32.9 Å². The van der Waals surface area contributed by atoms with E-state index < -0.39 is 6.04 Å². The Morgan fingerprint density at radius 2 is 1.71 bits per heavy atom. The van der Waals surface area contributed by atoms with Gasteiger partial charge in [-0.15, -0.1) is 0 Å². The summed E-state index contributed by atoms with van der Waals surface area (Å²) < 4.78 is 7.06. The van der Waals surface area contributed by atoms with Gasteiger partial charge in [0.05, 0.1) is 6.10 Å². The highest BCUT2D eigenvalue weighted by Gasteiger charge is 2.18. The summed E-state index contributed by atoms with van der Waals surface area (Å²) in [5.41, 5.74) is 0.221. The number of fused-ring (bicyclic) bond motifs is 1. The van der Waals surface area contributed by atoms with Gasteiger partial charge in [0.15, 0.2) is 0 Å². The second-order valence-electron chi connectivity index (χ2n) is 6.77. The van der Waals surface area contributed by atoms with Gasteiger partial charge in [-0.2, -0.15) is 0 Å². The largest absolute Gasteiger partial charge is 0.491 e. The van der Waals surface area contributed by atoms with E-state index in [1.165, 1.54) is 4.57 Å². The lowest BCUT2D eigenvalue weighted by Gasteiger charge is -2.16. The van der Waals surface area contributed by atoms with Crippen molar-refractivity contribution < 1.29 is 9.53 Å².